The summed E-state index contributed by atoms with van der Waals surface area (Å²) in [5.41, 5.74) is 2.63. The van der Waals surface area contributed by atoms with Crippen molar-refractivity contribution in [2.24, 2.45) is 20.0 Å². The minimum atomic E-state index is -0.473. The molecule has 1 aliphatic heterocycles. The summed E-state index contributed by atoms with van der Waals surface area (Å²) in [6.45, 7) is 6.32. The maximum absolute atomic E-state index is 14.5. The summed E-state index contributed by atoms with van der Waals surface area (Å²) in [5.74, 6) is 0.116. The van der Waals surface area contributed by atoms with Gasteiger partial charge in [0.1, 0.15) is 5.69 Å². The van der Waals surface area contributed by atoms with E-state index in [-0.39, 0.29) is 17.5 Å². The molecule has 4 heterocycles. The average molecular weight is 441 g/mol. The predicted molar refractivity (Wildman–Crippen MR) is 118 cm³/mol. The van der Waals surface area contributed by atoms with Gasteiger partial charge in [-0.3, -0.25) is 14.2 Å². The molecule has 0 spiro atoms. The van der Waals surface area contributed by atoms with Crippen molar-refractivity contribution in [2.75, 3.05) is 24.5 Å². The van der Waals surface area contributed by atoms with Gasteiger partial charge in [-0.15, -0.1) is 0 Å². The fraction of sp³-hybridized carbons (Fsp3) is 0.500. The van der Waals surface area contributed by atoms with E-state index in [0.29, 0.717) is 50.7 Å². The maximum atomic E-state index is 14.5. The van der Waals surface area contributed by atoms with E-state index < -0.39 is 5.82 Å². The van der Waals surface area contributed by atoms with Gasteiger partial charge in [0.25, 0.3) is 0 Å². The van der Waals surface area contributed by atoms with Gasteiger partial charge < -0.3 is 9.80 Å². The highest BCUT2D eigenvalue weighted by molar-refractivity contribution is 5.79. The molecule has 9 nitrogen and oxygen atoms in total. The second-order valence-electron chi connectivity index (χ2n) is 8.26. The van der Waals surface area contributed by atoms with Crippen LogP contribution in [0.25, 0.3) is 11.4 Å². The lowest BCUT2D eigenvalue weighted by atomic mass is 9.95. The Hall–Kier alpha value is -3.30. The predicted octanol–water partition coefficient (Wildman–Crippen LogP) is 2.32. The highest BCUT2D eigenvalue weighted by Gasteiger charge is 2.30. The molecule has 1 amide bonds. The molecule has 10 heteroatoms. The summed E-state index contributed by atoms with van der Waals surface area (Å²) >= 11 is 0. The van der Waals surface area contributed by atoms with Gasteiger partial charge in [-0.25, -0.2) is 14.4 Å². The fourth-order valence-electron chi connectivity index (χ4n) is 4.24. The van der Waals surface area contributed by atoms with Gasteiger partial charge in [-0.2, -0.15) is 10.2 Å². The Morgan fingerprint density at radius 1 is 1.25 bits per heavy atom. The molecule has 1 aliphatic rings. The van der Waals surface area contributed by atoms with E-state index >= 15 is 0 Å². The Morgan fingerprint density at radius 3 is 2.59 bits per heavy atom. The number of hydrogen-bond acceptors (Lipinski definition) is 6. The number of halogens is 1. The number of nitrogens with zero attached hydrogens (tertiary/aromatic N) is 8. The van der Waals surface area contributed by atoms with Gasteiger partial charge in [0.15, 0.2) is 5.82 Å². The molecule has 0 radical (unpaired) electrons. The smallest absolute Gasteiger partial charge is 0.226 e. The molecule has 32 heavy (non-hydrogen) atoms. The lowest BCUT2D eigenvalue weighted by Crippen LogP contribution is -2.43. The fourth-order valence-corrected chi connectivity index (χ4v) is 4.24. The van der Waals surface area contributed by atoms with Crippen LogP contribution >= 0.6 is 0 Å². The molecule has 0 saturated carbocycles. The van der Waals surface area contributed by atoms with Crippen LogP contribution in [0.15, 0.2) is 24.7 Å². The first kappa shape index (κ1) is 21.9. The number of rotatable bonds is 6. The zero-order valence-electron chi connectivity index (χ0n) is 19.0. The van der Waals surface area contributed by atoms with Crippen LogP contribution in [0.4, 0.5) is 10.3 Å². The molecule has 3 aromatic rings. The third kappa shape index (κ3) is 4.35. The number of anilines is 1. The van der Waals surface area contributed by atoms with Crippen molar-refractivity contribution in [2.45, 2.75) is 33.2 Å². The number of carbonyl (C=O) groups is 1. The molecule has 170 valence electrons. The molecular weight excluding hydrogens is 411 g/mol. The van der Waals surface area contributed by atoms with Crippen molar-refractivity contribution < 1.29 is 9.18 Å². The molecular formula is C22H29FN8O. The van der Waals surface area contributed by atoms with Gasteiger partial charge in [-0.1, -0.05) is 0 Å². The van der Waals surface area contributed by atoms with Gasteiger partial charge in [0, 0.05) is 45.8 Å². The molecule has 3 aromatic heterocycles. The second-order valence-corrected chi connectivity index (χ2v) is 8.26. The minimum Gasteiger partial charge on any atom is -0.341 e. The Bertz CT molecular complexity index is 1080. The zero-order chi connectivity index (χ0) is 22.8. The third-order valence-corrected chi connectivity index (χ3v) is 6.02. The first-order chi connectivity index (χ1) is 15.4. The molecule has 0 unspecified atom stereocenters. The lowest BCUT2D eigenvalue weighted by molar-refractivity contribution is -0.136. The molecule has 1 saturated heterocycles. The summed E-state index contributed by atoms with van der Waals surface area (Å²) in [5, 5.41) is 8.58. The van der Waals surface area contributed by atoms with Crippen LogP contribution in [-0.2, 0) is 25.4 Å². The third-order valence-electron chi connectivity index (χ3n) is 6.02. The average Bonchev–Trinajstić information content (AvgIpc) is 3.36. The van der Waals surface area contributed by atoms with E-state index in [1.54, 1.807) is 22.6 Å². The Balaban J connectivity index is 1.43. The number of aromatic nitrogens is 6. The summed E-state index contributed by atoms with van der Waals surface area (Å²) in [6.07, 6.45) is 6.21. The highest BCUT2D eigenvalue weighted by atomic mass is 19.1. The van der Waals surface area contributed by atoms with Gasteiger partial charge in [-0.05, 0) is 38.3 Å². The van der Waals surface area contributed by atoms with Crippen LogP contribution in [-0.4, -0.2) is 60.0 Å². The monoisotopic (exact) mass is 440 g/mol. The quantitative estimate of drug-likeness (QED) is 0.585. The van der Waals surface area contributed by atoms with E-state index in [2.05, 4.69) is 20.2 Å². The number of amides is 1. The SMILES string of the molecule is CCN(Cc1ccn(C)n1)C(=O)C1CCN(c2ncc(F)c(-c3c(C)cnn3C)n2)CC1. The van der Waals surface area contributed by atoms with Crippen molar-refractivity contribution in [1.29, 1.82) is 0 Å². The first-order valence-electron chi connectivity index (χ1n) is 10.9. The Morgan fingerprint density at radius 2 is 2.00 bits per heavy atom. The first-order valence-corrected chi connectivity index (χ1v) is 10.9. The molecule has 0 N–H and O–H groups in total. The molecule has 0 atom stereocenters. The largest absolute Gasteiger partial charge is 0.341 e. The number of hydrogen-bond donors (Lipinski definition) is 0. The van der Waals surface area contributed by atoms with Crippen molar-refractivity contribution >= 4 is 11.9 Å². The maximum Gasteiger partial charge on any atom is 0.226 e. The van der Waals surface area contributed by atoms with E-state index in [4.69, 9.17) is 0 Å². The van der Waals surface area contributed by atoms with Gasteiger partial charge >= 0.3 is 0 Å². The Labute approximate surface area is 186 Å². The van der Waals surface area contributed by atoms with Crippen molar-refractivity contribution in [3.05, 3.63) is 41.7 Å². The standard InChI is InChI=1S/C22H29FN8O/c1-5-30(14-17-8-9-28(3)27-17)21(32)16-6-10-31(11-7-16)22-24-13-18(23)19(26-22)20-15(2)12-25-29(20)4/h8-9,12-13,16H,5-7,10-11,14H2,1-4H3. The molecule has 0 bridgehead atoms. The topological polar surface area (TPSA) is 85.0 Å². The van der Waals surface area contributed by atoms with Crippen LogP contribution < -0.4 is 4.90 Å². The normalized spacial score (nSPS) is 14.7. The second kappa shape index (κ2) is 9.05. The van der Waals surface area contributed by atoms with Crippen LogP contribution in [0, 0.1) is 18.7 Å². The van der Waals surface area contributed by atoms with E-state index in [1.807, 2.05) is 43.0 Å². The molecule has 0 aliphatic carbocycles. The van der Waals surface area contributed by atoms with Crippen LogP contribution in [0.1, 0.15) is 31.0 Å². The van der Waals surface area contributed by atoms with Crippen LogP contribution in [0.3, 0.4) is 0 Å². The van der Waals surface area contributed by atoms with Gasteiger partial charge in [0.2, 0.25) is 11.9 Å². The number of aryl methyl sites for hydroxylation is 3. The number of carbonyl (C=O) groups excluding carboxylic acids is 1. The summed E-state index contributed by atoms with van der Waals surface area (Å²) in [4.78, 5) is 25.7. The van der Waals surface area contributed by atoms with E-state index in [9.17, 15) is 9.18 Å². The summed E-state index contributed by atoms with van der Waals surface area (Å²) in [6, 6.07) is 1.94. The van der Waals surface area contributed by atoms with Gasteiger partial charge in [0.05, 0.1) is 30.3 Å². The number of piperidine rings is 1. The zero-order valence-corrected chi connectivity index (χ0v) is 19.0. The van der Waals surface area contributed by atoms with Crippen LogP contribution in [0.2, 0.25) is 0 Å². The lowest BCUT2D eigenvalue weighted by Gasteiger charge is -2.34. The van der Waals surface area contributed by atoms with E-state index in [1.165, 1.54) is 6.20 Å². The minimum absolute atomic E-state index is 0.0471. The van der Waals surface area contributed by atoms with Crippen LogP contribution in [0.5, 0.6) is 0 Å². The van der Waals surface area contributed by atoms with Crippen molar-refractivity contribution in [1.82, 2.24) is 34.4 Å². The molecule has 0 aromatic carbocycles. The highest BCUT2D eigenvalue weighted by Crippen LogP contribution is 2.27. The Kier molecular flexibility index (Phi) is 6.20. The van der Waals surface area contributed by atoms with Crippen molar-refractivity contribution in [3.8, 4) is 11.4 Å². The van der Waals surface area contributed by atoms with Crippen molar-refractivity contribution in [3.63, 3.8) is 0 Å². The molecule has 1 fully saturated rings. The summed E-state index contributed by atoms with van der Waals surface area (Å²) in [7, 11) is 3.64. The van der Waals surface area contributed by atoms with E-state index in [0.717, 1.165) is 11.3 Å². The summed E-state index contributed by atoms with van der Waals surface area (Å²) < 4.78 is 17.9. The molecule has 4 rings (SSSR count).